The Hall–Kier alpha value is -1.43. The number of sulfone groups is 1. The molecule has 0 aliphatic heterocycles. The quantitative estimate of drug-likeness (QED) is 0.905. The van der Waals surface area contributed by atoms with Crippen LogP contribution in [0.15, 0.2) is 29.2 Å². The second kappa shape index (κ2) is 5.91. The average molecular weight is 301 g/mol. The van der Waals surface area contributed by atoms with Crippen LogP contribution in [0.2, 0.25) is 0 Å². The molecular weight excluding hydrogens is 281 g/mol. The molecule has 20 heavy (non-hydrogen) atoms. The molecule has 0 heterocycles. The number of aryl methyl sites for hydroxylation is 1. The first-order chi connectivity index (χ1) is 9.02. The van der Waals surface area contributed by atoms with Gasteiger partial charge in [0.25, 0.3) is 5.91 Å². The third-order valence-corrected chi connectivity index (χ3v) is 4.70. The molecule has 0 saturated carbocycles. The Morgan fingerprint density at radius 2 is 1.80 bits per heavy atom. The highest BCUT2D eigenvalue weighted by atomic mass is 32.2. The standard InChI is InChI=1S/C14H20FNO3S/c1-10-5-7-12(8-6-10)20(18,19)9-11(2)16-13(17)14(3,4)15/h5-8,11H,9H2,1-4H3,(H,16,17)/t11-/m1/s1. The number of carbonyl (C=O) groups excluding carboxylic acids is 1. The van der Waals surface area contributed by atoms with Crippen molar-refractivity contribution < 1.29 is 17.6 Å². The molecule has 1 N–H and O–H groups in total. The van der Waals surface area contributed by atoms with Gasteiger partial charge in [0.1, 0.15) is 0 Å². The number of carbonyl (C=O) groups is 1. The zero-order chi connectivity index (χ0) is 15.6. The molecule has 6 heteroatoms. The van der Waals surface area contributed by atoms with E-state index in [9.17, 15) is 17.6 Å². The van der Waals surface area contributed by atoms with E-state index in [1.165, 1.54) is 19.1 Å². The maximum Gasteiger partial charge on any atom is 0.257 e. The summed E-state index contributed by atoms with van der Waals surface area (Å²) >= 11 is 0. The number of alkyl halides is 1. The molecule has 0 unspecified atom stereocenters. The number of hydrogen-bond donors (Lipinski definition) is 1. The van der Waals surface area contributed by atoms with Gasteiger partial charge in [-0.2, -0.15) is 0 Å². The van der Waals surface area contributed by atoms with E-state index in [4.69, 9.17) is 0 Å². The molecule has 112 valence electrons. The normalized spacial score (nSPS) is 13.8. The lowest BCUT2D eigenvalue weighted by atomic mass is 10.1. The smallest absolute Gasteiger partial charge is 0.257 e. The van der Waals surface area contributed by atoms with Crippen LogP contribution < -0.4 is 5.32 Å². The van der Waals surface area contributed by atoms with Crippen molar-refractivity contribution in [2.75, 3.05) is 5.75 Å². The van der Waals surface area contributed by atoms with E-state index >= 15 is 0 Å². The van der Waals surface area contributed by atoms with Gasteiger partial charge in [-0.05, 0) is 39.8 Å². The number of halogens is 1. The van der Waals surface area contributed by atoms with E-state index in [1.807, 2.05) is 6.92 Å². The van der Waals surface area contributed by atoms with E-state index in [0.717, 1.165) is 19.4 Å². The Bertz CT molecular complexity index is 573. The van der Waals surface area contributed by atoms with E-state index in [2.05, 4.69) is 5.32 Å². The number of amides is 1. The molecule has 0 spiro atoms. The highest BCUT2D eigenvalue weighted by Gasteiger charge is 2.29. The lowest BCUT2D eigenvalue weighted by molar-refractivity contribution is -0.131. The largest absolute Gasteiger partial charge is 0.350 e. The van der Waals surface area contributed by atoms with E-state index in [-0.39, 0.29) is 10.6 Å². The van der Waals surface area contributed by atoms with E-state index in [1.54, 1.807) is 12.1 Å². The SMILES string of the molecule is Cc1ccc(S(=O)(=O)C[C@@H](C)NC(=O)C(C)(C)F)cc1. The minimum Gasteiger partial charge on any atom is -0.350 e. The fraction of sp³-hybridized carbons (Fsp3) is 0.500. The topological polar surface area (TPSA) is 63.2 Å². The molecule has 0 aliphatic rings. The predicted molar refractivity (Wildman–Crippen MR) is 76.0 cm³/mol. The molecule has 1 aromatic rings. The zero-order valence-corrected chi connectivity index (χ0v) is 12.9. The highest BCUT2D eigenvalue weighted by molar-refractivity contribution is 7.91. The molecule has 0 aliphatic carbocycles. The van der Waals surface area contributed by atoms with Crippen LogP contribution in [0, 0.1) is 6.92 Å². The van der Waals surface area contributed by atoms with Crippen LogP contribution in [-0.2, 0) is 14.6 Å². The Labute approximate surface area is 119 Å². The predicted octanol–water partition coefficient (Wildman–Crippen LogP) is 2.02. The van der Waals surface area contributed by atoms with Gasteiger partial charge in [-0.3, -0.25) is 4.79 Å². The fourth-order valence-electron chi connectivity index (χ4n) is 1.61. The molecule has 0 bridgehead atoms. The molecule has 0 fully saturated rings. The van der Waals surface area contributed by atoms with E-state index in [0.29, 0.717) is 0 Å². The molecule has 1 atom stereocenters. The minimum atomic E-state index is -3.50. The summed E-state index contributed by atoms with van der Waals surface area (Å²) in [6.45, 7) is 5.66. The Kier molecular flexibility index (Phi) is 4.91. The van der Waals surface area contributed by atoms with Gasteiger partial charge >= 0.3 is 0 Å². The Balaban J connectivity index is 2.76. The molecule has 0 radical (unpaired) electrons. The summed E-state index contributed by atoms with van der Waals surface area (Å²) in [7, 11) is -3.50. The summed E-state index contributed by atoms with van der Waals surface area (Å²) in [6.07, 6.45) is 0. The van der Waals surface area contributed by atoms with Gasteiger partial charge in [-0.1, -0.05) is 17.7 Å². The number of hydrogen-bond acceptors (Lipinski definition) is 3. The van der Waals surface area contributed by atoms with Gasteiger partial charge in [-0.25, -0.2) is 12.8 Å². The summed E-state index contributed by atoms with van der Waals surface area (Å²) in [5.41, 5.74) is -1.06. The Morgan fingerprint density at radius 1 is 1.30 bits per heavy atom. The van der Waals surface area contributed by atoms with Gasteiger partial charge < -0.3 is 5.32 Å². The van der Waals surface area contributed by atoms with Crippen molar-refractivity contribution in [3.63, 3.8) is 0 Å². The second-order valence-corrected chi connectivity index (χ2v) is 7.48. The van der Waals surface area contributed by atoms with Crippen molar-refractivity contribution in [3.05, 3.63) is 29.8 Å². The lowest BCUT2D eigenvalue weighted by Crippen LogP contribution is -2.45. The van der Waals surface area contributed by atoms with Gasteiger partial charge in [-0.15, -0.1) is 0 Å². The molecule has 0 saturated heterocycles. The highest BCUT2D eigenvalue weighted by Crippen LogP contribution is 2.14. The molecular formula is C14H20FNO3S. The number of nitrogens with one attached hydrogen (secondary N) is 1. The lowest BCUT2D eigenvalue weighted by Gasteiger charge is -2.19. The first kappa shape index (κ1) is 16.6. The van der Waals surface area contributed by atoms with Gasteiger partial charge in [0.05, 0.1) is 10.6 Å². The first-order valence-electron chi connectivity index (χ1n) is 6.31. The van der Waals surface area contributed by atoms with Crippen LogP contribution >= 0.6 is 0 Å². The number of rotatable bonds is 5. The second-order valence-electron chi connectivity index (χ2n) is 5.44. The average Bonchev–Trinajstić information content (AvgIpc) is 2.27. The summed E-state index contributed by atoms with van der Waals surface area (Å²) in [4.78, 5) is 11.7. The van der Waals surface area contributed by atoms with Crippen LogP contribution in [0.5, 0.6) is 0 Å². The third-order valence-electron chi connectivity index (χ3n) is 2.77. The summed E-state index contributed by atoms with van der Waals surface area (Å²) in [5, 5.41) is 2.36. The van der Waals surface area contributed by atoms with Crippen molar-refractivity contribution in [2.45, 2.75) is 44.3 Å². The molecule has 1 rings (SSSR count). The van der Waals surface area contributed by atoms with Crippen LogP contribution in [-0.4, -0.2) is 31.8 Å². The van der Waals surface area contributed by atoms with Crippen molar-refractivity contribution in [1.82, 2.24) is 5.32 Å². The third kappa shape index (κ3) is 4.59. The van der Waals surface area contributed by atoms with Gasteiger partial charge in [0.2, 0.25) is 0 Å². The van der Waals surface area contributed by atoms with Crippen LogP contribution in [0.25, 0.3) is 0 Å². The van der Waals surface area contributed by atoms with Crippen molar-refractivity contribution in [3.8, 4) is 0 Å². The van der Waals surface area contributed by atoms with Crippen LogP contribution in [0.4, 0.5) is 4.39 Å². The molecule has 4 nitrogen and oxygen atoms in total. The van der Waals surface area contributed by atoms with Crippen molar-refractivity contribution in [2.24, 2.45) is 0 Å². The van der Waals surface area contributed by atoms with Gasteiger partial charge in [0.15, 0.2) is 15.5 Å². The zero-order valence-electron chi connectivity index (χ0n) is 12.1. The van der Waals surface area contributed by atoms with Gasteiger partial charge in [0, 0.05) is 6.04 Å². The van der Waals surface area contributed by atoms with E-state index < -0.39 is 27.5 Å². The monoisotopic (exact) mass is 301 g/mol. The van der Waals surface area contributed by atoms with Crippen molar-refractivity contribution in [1.29, 1.82) is 0 Å². The van der Waals surface area contributed by atoms with Crippen LogP contribution in [0.1, 0.15) is 26.3 Å². The molecule has 1 aromatic carbocycles. The summed E-state index contributed by atoms with van der Waals surface area (Å²) < 4.78 is 37.7. The summed E-state index contributed by atoms with van der Waals surface area (Å²) in [5.74, 6) is -1.08. The molecule has 0 aromatic heterocycles. The first-order valence-corrected chi connectivity index (χ1v) is 7.97. The maximum absolute atomic E-state index is 13.4. The summed E-state index contributed by atoms with van der Waals surface area (Å²) in [6, 6.07) is 5.81. The maximum atomic E-state index is 13.4. The fourth-order valence-corrected chi connectivity index (χ4v) is 3.09. The van der Waals surface area contributed by atoms with Crippen molar-refractivity contribution >= 4 is 15.7 Å². The number of benzene rings is 1. The Morgan fingerprint density at radius 3 is 2.25 bits per heavy atom. The molecule has 1 amide bonds. The van der Waals surface area contributed by atoms with Crippen LogP contribution in [0.3, 0.4) is 0 Å². The minimum absolute atomic E-state index is 0.198.